The molecule has 3 atom stereocenters. The summed E-state index contributed by atoms with van der Waals surface area (Å²) in [7, 11) is 0. The zero-order chi connectivity index (χ0) is 7.94. The predicted octanol–water partition coefficient (Wildman–Crippen LogP) is 1.39. The number of rotatable bonds is 0. The zero-order valence-electron chi connectivity index (χ0n) is 7.09. The van der Waals surface area contributed by atoms with Crippen LogP contribution in [0.5, 0.6) is 0 Å². The second-order valence-corrected chi connectivity index (χ2v) is 3.76. The third-order valence-corrected chi connectivity index (χ3v) is 2.76. The maximum atomic E-state index is 9.28. The summed E-state index contributed by atoms with van der Waals surface area (Å²) in [6.45, 7) is 8.17. The van der Waals surface area contributed by atoms with Crippen molar-refractivity contribution in [3.63, 3.8) is 0 Å². The van der Waals surface area contributed by atoms with E-state index in [1.165, 1.54) is 0 Å². The van der Waals surface area contributed by atoms with E-state index in [1.54, 1.807) is 0 Å². The standard InChI is InChI=1S/C8H16O2/c1-5-6(2)8(3,4)10-7(5)9/h5-7,9H,1-4H3. The van der Waals surface area contributed by atoms with E-state index < -0.39 is 6.29 Å². The van der Waals surface area contributed by atoms with Gasteiger partial charge in [0.15, 0.2) is 6.29 Å². The maximum Gasteiger partial charge on any atom is 0.158 e. The van der Waals surface area contributed by atoms with Gasteiger partial charge in [-0.3, -0.25) is 0 Å². The van der Waals surface area contributed by atoms with Crippen molar-refractivity contribution >= 4 is 0 Å². The highest BCUT2D eigenvalue weighted by molar-refractivity contribution is 4.87. The lowest BCUT2D eigenvalue weighted by Crippen LogP contribution is -2.26. The molecule has 1 N–H and O–H groups in total. The Balaban J connectivity index is 2.71. The molecule has 1 rings (SSSR count). The van der Waals surface area contributed by atoms with Crippen molar-refractivity contribution < 1.29 is 9.84 Å². The smallest absolute Gasteiger partial charge is 0.158 e. The van der Waals surface area contributed by atoms with E-state index in [4.69, 9.17) is 4.74 Å². The molecule has 1 heterocycles. The molecule has 0 saturated carbocycles. The van der Waals surface area contributed by atoms with Gasteiger partial charge in [-0.1, -0.05) is 13.8 Å². The second kappa shape index (κ2) is 2.21. The van der Waals surface area contributed by atoms with Crippen LogP contribution in [0, 0.1) is 11.8 Å². The molecule has 10 heavy (non-hydrogen) atoms. The molecule has 0 bridgehead atoms. The Morgan fingerprint density at radius 3 is 1.90 bits per heavy atom. The number of aliphatic hydroxyl groups excluding tert-OH is 1. The monoisotopic (exact) mass is 144 g/mol. The molecule has 0 aromatic carbocycles. The second-order valence-electron chi connectivity index (χ2n) is 3.76. The van der Waals surface area contributed by atoms with E-state index in [0.717, 1.165) is 0 Å². The number of ether oxygens (including phenoxy) is 1. The highest BCUT2D eigenvalue weighted by atomic mass is 16.6. The summed E-state index contributed by atoms with van der Waals surface area (Å²) in [6, 6.07) is 0. The fourth-order valence-electron chi connectivity index (χ4n) is 1.41. The third kappa shape index (κ3) is 1.06. The highest BCUT2D eigenvalue weighted by Gasteiger charge is 2.43. The lowest BCUT2D eigenvalue weighted by molar-refractivity contribution is -0.135. The first kappa shape index (κ1) is 8.02. The minimum absolute atomic E-state index is 0.154. The number of hydrogen-bond donors (Lipinski definition) is 1. The zero-order valence-corrected chi connectivity index (χ0v) is 7.09. The molecule has 2 nitrogen and oxygen atoms in total. The molecular weight excluding hydrogens is 128 g/mol. The molecule has 0 radical (unpaired) electrons. The van der Waals surface area contributed by atoms with Crippen molar-refractivity contribution in [1.82, 2.24) is 0 Å². The Morgan fingerprint density at radius 1 is 1.30 bits per heavy atom. The molecule has 1 saturated heterocycles. The van der Waals surface area contributed by atoms with Gasteiger partial charge in [0.1, 0.15) is 0 Å². The van der Waals surface area contributed by atoms with Gasteiger partial charge in [0.2, 0.25) is 0 Å². The molecule has 3 unspecified atom stereocenters. The third-order valence-electron chi connectivity index (χ3n) is 2.76. The largest absolute Gasteiger partial charge is 0.368 e. The Kier molecular flexibility index (Phi) is 1.77. The molecule has 1 aliphatic heterocycles. The van der Waals surface area contributed by atoms with Crippen molar-refractivity contribution in [1.29, 1.82) is 0 Å². The molecule has 0 aromatic heterocycles. The fraction of sp³-hybridized carbons (Fsp3) is 1.00. The van der Waals surface area contributed by atoms with Crippen LogP contribution in [0.25, 0.3) is 0 Å². The van der Waals surface area contributed by atoms with Crippen LogP contribution in [-0.2, 0) is 4.74 Å². The van der Waals surface area contributed by atoms with E-state index in [0.29, 0.717) is 5.92 Å². The van der Waals surface area contributed by atoms with E-state index in [9.17, 15) is 5.11 Å². The Labute approximate surface area is 62.2 Å². The molecule has 1 fully saturated rings. The van der Waals surface area contributed by atoms with Crippen LogP contribution >= 0.6 is 0 Å². The van der Waals surface area contributed by atoms with Crippen LogP contribution in [0.1, 0.15) is 27.7 Å². The van der Waals surface area contributed by atoms with E-state index in [2.05, 4.69) is 6.92 Å². The number of hydrogen-bond acceptors (Lipinski definition) is 2. The predicted molar refractivity (Wildman–Crippen MR) is 39.5 cm³/mol. The molecule has 0 aliphatic carbocycles. The summed E-state index contributed by atoms with van der Waals surface area (Å²) in [5.74, 6) is 0.692. The summed E-state index contributed by atoms with van der Waals surface area (Å²) in [6.07, 6.45) is -0.565. The van der Waals surface area contributed by atoms with Crippen molar-refractivity contribution in [2.45, 2.75) is 39.6 Å². The molecule has 0 aromatic rings. The van der Waals surface area contributed by atoms with Crippen LogP contribution < -0.4 is 0 Å². The highest BCUT2D eigenvalue weighted by Crippen LogP contribution is 2.38. The maximum absolute atomic E-state index is 9.28. The van der Waals surface area contributed by atoms with Gasteiger partial charge < -0.3 is 9.84 Å². The summed E-state index contributed by atoms with van der Waals surface area (Å²) >= 11 is 0. The molecule has 0 spiro atoms. The minimum atomic E-state index is -0.565. The summed E-state index contributed by atoms with van der Waals surface area (Å²) in [5.41, 5.74) is -0.154. The van der Waals surface area contributed by atoms with Gasteiger partial charge in [0.25, 0.3) is 0 Å². The Bertz CT molecular complexity index is 131. The normalized spacial score (nSPS) is 45.9. The SMILES string of the molecule is CC1C(O)OC(C)(C)C1C. The van der Waals surface area contributed by atoms with Gasteiger partial charge in [0, 0.05) is 5.92 Å². The van der Waals surface area contributed by atoms with Crippen molar-refractivity contribution in [2.24, 2.45) is 11.8 Å². The summed E-state index contributed by atoms with van der Waals surface area (Å²) in [4.78, 5) is 0. The van der Waals surface area contributed by atoms with Gasteiger partial charge >= 0.3 is 0 Å². The average molecular weight is 144 g/mol. The van der Waals surface area contributed by atoms with Gasteiger partial charge in [-0.15, -0.1) is 0 Å². The van der Waals surface area contributed by atoms with Crippen LogP contribution in [0.2, 0.25) is 0 Å². The topological polar surface area (TPSA) is 29.5 Å². The van der Waals surface area contributed by atoms with Crippen LogP contribution in [-0.4, -0.2) is 17.0 Å². The first-order chi connectivity index (χ1) is 4.45. The molecule has 60 valence electrons. The van der Waals surface area contributed by atoms with Gasteiger partial charge in [-0.25, -0.2) is 0 Å². The van der Waals surface area contributed by atoms with E-state index in [-0.39, 0.29) is 11.5 Å². The van der Waals surface area contributed by atoms with Crippen LogP contribution in [0.3, 0.4) is 0 Å². The quantitative estimate of drug-likeness (QED) is 0.556. The molecule has 2 heteroatoms. The first-order valence-electron chi connectivity index (χ1n) is 3.81. The van der Waals surface area contributed by atoms with Gasteiger partial charge in [0.05, 0.1) is 5.60 Å². The summed E-state index contributed by atoms with van der Waals surface area (Å²) in [5, 5.41) is 9.28. The fourth-order valence-corrected chi connectivity index (χ4v) is 1.41. The van der Waals surface area contributed by atoms with E-state index in [1.807, 2.05) is 20.8 Å². The molecule has 0 amide bonds. The van der Waals surface area contributed by atoms with E-state index >= 15 is 0 Å². The number of aliphatic hydroxyl groups is 1. The average Bonchev–Trinajstić information content (AvgIpc) is 1.95. The first-order valence-corrected chi connectivity index (χ1v) is 3.81. The summed E-state index contributed by atoms with van der Waals surface area (Å²) < 4.78 is 5.33. The van der Waals surface area contributed by atoms with Crippen molar-refractivity contribution in [3.05, 3.63) is 0 Å². The minimum Gasteiger partial charge on any atom is -0.368 e. The lowest BCUT2D eigenvalue weighted by atomic mass is 9.86. The van der Waals surface area contributed by atoms with Crippen LogP contribution in [0.15, 0.2) is 0 Å². The van der Waals surface area contributed by atoms with Crippen LogP contribution in [0.4, 0.5) is 0 Å². The van der Waals surface area contributed by atoms with Gasteiger partial charge in [-0.2, -0.15) is 0 Å². The lowest BCUT2D eigenvalue weighted by Gasteiger charge is -2.22. The van der Waals surface area contributed by atoms with Crippen molar-refractivity contribution in [3.8, 4) is 0 Å². The van der Waals surface area contributed by atoms with Crippen molar-refractivity contribution in [2.75, 3.05) is 0 Å². The Hall–Kier alpha value is -0.0800. The Morgan fingerprint density at radius 2 is 1.80 bits per heavy atom. The molecular formula is C8H16O2. The molecule has 1 aliphatic rings. The van der Waals surface area contributed by atoms with Gasteiger partial charge in [-0.05, 0) is 19.8 Å².